The molecule has 0 saturated heterocycles. The first kappa shape index (κ1) is 17.8. The van der Waals surface area contributed by atoms with Gasteiger partial charge in [-0.15, -0.1) is 0 Å². The second-order valence-electron chi connectivity index (χ2n) is 4.15. The average Bonchev–Trinajstić information content (AvgIpc) is 2.33. The third-order valence-corrected chi connectivity index (χ3v) is 2.64. The van der Waals surface area contributed by atoms with E-state index in [-0.39, 0.29) is 11.6 Å². The molecule has 0 aliphatic heterocycles. The van der Waals surface area contributed by atoms with Gasteiger partial charge >= 0.3 is 12.4 Å². The Balaban J connectivity index is 3.22. The molecule has 0 bridgehead atoms. The number of hydrogen-bond donors (Lipinski definition) is 0. The highest BCUT2D eigenvalue weighted by Crippen LogP contribution is 2.37. The van der Waals surface area contributed by atoms with Crippen LogP contribution in [0.5, 0.6) is 0 Å². The fraction of sp³-hybridized carbons (Fsp3) is 0.417. The summed E-state index contributed by atoms with van der Waals surface area (Å²) < 4.78 is 80.6. The molecule has 0 radical (unpaired) electrons. The van der Waals surface area contributed by atoms with E-state index in [0.717, 1.165) is 0 Å². The first-order valence-electron chi connectivity index (χ1n) is 5.50. The summed E-state index contributed by atoms with van der Waals surface area (Å²) in [6, 6.07) is 1.10. The highest BCUT2D eigenvalue weighted by molar-refractivity contribution is 6.63. The predicted octanol–water partition coefficient (Wildman–Crippen LogP) is 4.57. The van der Waals surface area contributed by atoms with Gasteiger partial charge in [0, 0.05) is 0 Å². The summed E-state index contributed by atoms with van der Waals surface area (Å²) in [7, 11) is 0. The Bertz CT molecular complexity index is 491. The second-order valence-corrected chi connectivity index (χ2v) is 4.57. The number of hydrogen-bond acceptors (Lipinski definition) is 2. The zero-order valence-electron chi connectivity index (χ0n) is 10.5. The van der Waals surface area contributed by atoms with Crippen molar-refractivity contribution in [3.05, 3.63) is 34.9 Å². The van der Waals surface area contributed by atoms with Gasteiger partial charge in [-0.25, -0.2) is 0 Å². The first-order chi connectivity index (χ1) is 9.41. The molecule has 0 aliphatic carbocycles. The summed E-state index contributed by atoms with van der Waals surface area (Å²) in [5, 5.41) is -0.912. The van der Waals surface area contributed by atoms with Crippen LogP contribution in [0.15, 0.2) is 18.2 Å². The molecule has 0 heterocycles. The SMILES string of the molecule is CC(OCC(=O)Cl)c1cc(C(F)(F)F)cc(C(F)(F)F)c1. The molecule has 0 spiro atoms. The molecule has 9 heteroatoms. The van der Waals surface area contributed by atoms with Gasteiger partial charge in [-0.3, -0.25) is 4.79 Å². The molecule has 0 saturated carbocycles. The Morgan fingerprint density at radius 1 is 1.10 bits per heavy atom. The monoisotopic (exact) mass is 334 g/mol. The number of rotatable bonds is 4. The Labute approximate surface area is 120 Å². The Morgan fingerprint density at radius 2 is 1.52 bits per heavy atom. The number of ether oxygens (including phenoxy) is 1. The summed E-state index contributed by atoms with van der Waals surface area (Å²) in [6.45, 7) is 0.593. The van der Waals surface area contributed by atoms with Crippen molar-refractivity contribution in [3.8, 4) is 0 Å². The molecule has 0 N–H and O–H groups in total. The minimum atomic E-state index is -4.93. The third kappa shape index (κ3) is 5.20. The van der Waals surface area contributed by atoms with E-state index in [4.69, 9.17) is 16.3 Å². The van der Waals surface area contributed by atoms with E-state index in [2.05, 4.69) is 0 Å². The first-order valence-corrected chi connectivity index (χ1v) is 5.88. The van der Waals surface area contributed by atoms with Crippen LogP contribution < -0.4 is 0 Å². The van der Waals surface area contributed by atoms with Crippen LogP contribution in [0.2, 0.25) is 0 Å². The number of alkyl halides is 6. The van der Waals surface area contributed by atoms with Gasteiger partial charge in [0.15, 0.2) is 0 Å². The van der Waals surface area contributed by atoms with Gasteiger partial charge in [-0.05, 0) is 42.3 Å². The van der Waals surface area contributed by atoms with Crippen LogP contribution in [0.25, 0.3) is 0 Å². The lowest BCUT2D eigenvalue weighted by atomic mass is 10.0. The van der Waals surface area contributed by atoms with Gasteiger partial charge in [-0.1, -0.05) is 0 Å². The molecule has 0 amide bonds. The normalized spacial score (nSPS) is 14.1. The quantitative estimate of drug-likeness (QED) is 0.595. The molecule has 1 rings (SSSR count). The van der Waals surface area contributed by atoms with Crippen LogP contribution in [-0.4, -0.2) is 11.8 Å². The lowest BCUT2D eigenvalue weighted by molar-refractivity contribution is -0.143. The van der Waals surface area contributed by atoms with Gasteiger partial charge < -0.3 is 4.74 Å². The molecule has 0 fully saturated rings. The van der Waals surface area contributed by atoms with Gasteiger partial charge in [0.05, 0.1) is 17.2 Å². The smallest absolute Gasteiger partial charge is 0.365 e. The maximum Gasteiger partial charge on any atom is 0.416 e. The molecule has 1 aromatic carbocycles. The molecule has 1 atom stereocenters. The average molecular weight is 335 g/mol. The molecule has 1 aromatic rings. The van der Waals surface area contributed by atoms with E-state index in [9.17, 15) is 31.1 Å². The fourth-order valence-electron chi connectivity index (χ4n) is 1.50. The van der Waals surface area contributed by atoms with Crippen LogP contribution in [0.1, 0.15) is 29.7 Å². The molecule has 0 aromatic heterocycles. The fourth-order valence-corrected chi connectivity index (χ4v) is 1.56. The van der Waals surface area contributed by atoms with Gasteiger partial charge in [0.1, 0.15) is 6.61 Å². The van der Waals surface area contributed by atoms with Crippen LogP contribution >= 0.6 is 11.6 Å². The van der Waals surface area contributed by atoms with Gasteiger partial charge in [-0.2, -0.15) is 26.3 Å². The number of benzene rings is 1. The van der Waals surface area contributed by atoms with Crippen molar-refractivity contribution in [3.63, 3.8) is 0 Å². The van der Waals surface area contributed by atoms with Crippen LogP contribution in [-0.2, 0) is 21.9 Å². The van der Waals surface area contributed by atoms with Crippen molar-refractivity contribution in [2.75, 3.05) is 6.61 Å². The van der Waals surface area contributed by atoms with Crippen molar-refractivity contribution in [2.24, 2.45) is 0 Å². The molecule has 0 aliphatic rings. The Hall–Kier alpha value is -1.28. The van der Waals surface area contributed by atoms with Gasteiger partial charge in [0.2, 0.25) is 5.24 Å². The molecule has 2 nitrogen and oxygen atoms in total. The summed E-state index contributed by atoms with van der Waals surface area (Å²) in [5.74, 6) is 0. The lowest BCUT2D eigenvalue weighted by Gasteiger charge is -2.17. The van der Waals surface area contributed by atoms with E-state index in [1.54, 1.807) is 0 Å². The third-order valence-electron chi connectivity index (χ3n) is 2.53. The summed E-state index contributed by atoms with van der Waals surface area (Å²) in [6.07, 6.45) is -11.0. The molecule has 118 valence electrons. The van der Waals surface area contributed by atoms with Crippen molar-refractivity contribution in [1.29, 1.82) is 0 Å². The second kappa shape index (κ2) is 6.23. The topological polar surface area (TPSA) is 26.3 Å². The van der Waals surface area contributed by atoms with E-state index < -0.39 is 41.4 Å². The number of halogens is 7. The molecular formula is C12H9ClF6O2. The lowest BCUT2D eigenvalue weighted by Crippen LogP contribution is -2.14. The Kier molecular flexibility index (Phi) is 5.27. The van der Waals surface area contributed by atoms with Crippen LogP contribution in [0, 0.1) is 0 Å². The van der Waals surface area contributed by atoms with Crippen molar-refractivity contribution < 1.29 is 35.9 Å². The van der Waals surface area contributed by atoms with Crippen LogP contribution in [0.4, 0.5) is 26.3 Å². The molecular weight excluding hydrogens is 326 g/mol. The van der Waals surface area contributed by atoms with E-state index >= 15 is 0 Å². The maximum atomic E-state index is 12.6. The molecule has 1 unspecified atom stereocenters. The highest BCUT2D eigenvalue weighted by atomic mass is 35.5. The maximum absolute atomic E-state index is 12.6. The minimum Gasteiger partial charge on any atom is -0.365 e. The highest BCUT2D eigenvalue weighted by Gasteiger charge is 2.37. The van der Waals surface area contributed by atoms with Crippen molar-refractivity contribution >= 4 is 16.8 Å². The van der Waals surface area contributed by atoms with E-state index in [1.807, 2.05) is 0 Å². The zero-order valence-corrected chi connectivity index (χ0v) is 11.2. The number of carbonyl (C=O) groups excluding carboxylic acids is 1. The number of carbonyl (C=O) groups is 1. The summed E-state index contributed by atoms with van der Waals surface area (Å²) >= 11 is 4.99. The summed E-state index contributed by atoms with van der Waals surface area (Å²) in [5.41, 5.74) is -3.24. The molecule has 21 heavy (non-hydrogen) atoms. The zero-order chi connectivity index (χ0) is 16.4. The largest absolute Gasteiger partial charge is 0.416 e. The predicted molar refractivity (Wildman–Crippen MR) is 61.7 cm³/mol. The van der Waals surface area contributed by atoms with E-state index in [0.29, 0.717) is 12.1 Å². The van der Waals surface area contributed by atoms with Crippen molar-refractivity contribution in [2.45, 2.75) is 25.4 Å². The standard InChI is InChI=1S/C12H9ClF6O2/c1-6(21-5-10(13)20)7-2-8(11(14,15)16)4-9(3-7)12(17,18)19/h2-4,6H,5H2,1H3. The van der Waals surface area contributed by atoms with Crippen LogP contribution in [0.3, 0.4) is 0 Å². The van der Waals surface area contributed by atoms with Crippen molar-refractivity contribution in [1.82, 2.24) is 0 Å². The van der Waals surface area contributed by atoms with Gasteiger partial charge in [0.25, 0.3) is 0 Å². The van der Waals surface area contributed by atoms with E-state index in [1.165, 1.54) is 6.92 Å². The Morgan fingerprint density at radius 3 is 1.86 bits per heavy atom. The minimum absolute atomic E-state index is 0.0168. The summed E-state index contributed by atoms with van der Waals surface area (Å²) in [4.78, 5) is 10.5.